The molecular weight excluding hydrogens is 273 g/mol. The summed E-state index contributed by atoms with van der Waals surface area (Å²) in [5.74, 6) is -0.124. The van der Waals surface area contributed by atoms with Crippen molar-refractivity contribution in [2.75, 3.05) is 11.9 Å². The summed E-state index contributed by atoms with van der Waals surface area (Å²) in [5.41, 5.74) is -1.04. The van der Waals surface area contributed by atoms with Gasteiger partial charge in [-0.15, -0.1) is 0 Å². The summed E-state index contributed by atoms with van der Waals surface area (Å²) in [5, 5.41) is 2.32. The molecule has 0 radical (unpaired) electrons. The van der Waals surface area contributed by atoms with E-state index in [1.54, 1.807) is 6.92 Å². The second kappa shape index (κ2) is 5.78. The number of anilines is 1. The van der Waals surface area contributed by atoms with Gasteiger partial charge in [0.1, 0.15) is 17.6 Å². The Bertz CT molecular complexity index is 487. The van der Waals surface area contributed by atoms with Crippen molar-refractivity contribution < 1.29 is 22.7 Å². The van der Waals surface area contributed by atoms with Gasteiger partial charge in [-0.25, -0.2) is 4.98 Å². The summed E-state index contributed by atoms with van der Waals surface area (Å²) >= 11 is 0. The van der Waals surface area contributed by atoms with Crippen LogP contribution in [0.3, 0.4) is 0 Å². The number of pyridine rings is 1. The molecule has 0 unspecified atom stereocenters. The van der Waals surface area contributed by atoms with Crippen molar-refractivity contribution in [3.63, 3.8) is 0 Å². The zero-order valence-corrected chi connectivity index (χ0v) is 10.9. The molecule has 2 rings (SSSR count). The number of hydrogen-bond donors (Lipinski definition) is 1. The minimum atomic E-state index is -4.53. The lowest BCUT2D eigenvalue weighted by atomic mass is 10.3. The number of aromatic nitrogens is 1. The number of amides is 1. The minimum Gasteiger partial charge on any atom is -0.368 e. The van der Waals surface area contributed by atoms with Gasteiger partial charge >= 0.3 is 6.18 Å². The monoisotopic (exact) mass is 288 g/mol. The molecule has 0 aliphatic heterocycles. The van der Waals surface area contributed by atoms with Crippen LogP contribution in [-0.4, -0.2) is 23.6 Å². The molecule has 0 saturated heterocycles. The Hall–Kier alpha value is -1.63. The molecule has 7 heteroatoms. The molecule has 0 bridgehead atoms. The van der Waals surface area contributed by atoms with Crippen LogP contribution in [0.1, 0.15) is 25.5 Å². The van der Waals surface area contributed by atoms with E-state index >= 15 is 0 Å². The molecule has 1 aliphatic carbocycles. The van der Waals surface area contributed by atoms with Gasteiger partial charge in [-0.3, -0.25) is 4.79 Å². The molecule has 1 amide bonds. The van der Waals surface area contributed by atoms with Gasteiger partial charge in [0.05, 0.1) is 6.61 Å². The second-order valence-corrected chi connectivity index (χ2v) is 4.81. The van der Waals surface area contributed by atoms with Crippen molar-refractivity contribution in [3.05, 3.63) is 23.9 Å². The van der Waals surface area contributed by atoms with E-state index in [0.29, 0.717) is 12.5 Å². The quantitative estimate of drug-likeness (QED) is 0.906. The maximum Gasteiger partial charge on any atom is 0.433 e. The molecule has 20 heavy (non-hydrogen) atoms. The summed E-state index contributed by atoms with van der Waals surface area (Å²) in [7, 11) is 0. The Balaban J connectivity index is 1.92. The fourth-order valence-electron chi connectivity index (χ4n) is 1.53. The van der Waals surface area contributed by atoms with Gasteiger partial charge < -0.3 is 10.1 Å². The largest absolute Gasteiger partial charge is 0.433 e. The van der Waals surface area contributed by atoms with E-state index in [1.165, 1.54) is 12.1 Å². The molecule has 1 aromatic rings. The number of nitrogens with zero attached hydrogens (tertiary/aromatic N) is 1. The first-order valence-corrected chi connectivity index (χ1v) is 6.33. The highest BCUT2D eigenvalue weighted by molar-refractivity contribution is 5.93. The van der Waals surface area contributed by atoms with Crippen molar-refractivity contribution in [3.8, 4) is 0 Å². The minimum absolute atomic E-state index is 0.133. The summed E-state index contributed by atoms with van der Waals surface area (Å²) in [6, 6.07) is 3.35. The fraction of sp³-hybridized carbons (Fsp3) is 0.538. The molecule has 4 nitrogen and oxygen atoms in total. The molecule has 1 fully saturated rings. The van der Waals surface area contributed by atoms with E-state index in [1.807, 2.05) is 0 Å². The van der Waals surface area contributed by atoms with E-state index in [0.717, 1.165) is 18.9 Å². The lowest BCUT2D eigenvalue weighted by molar-refractivity contribution is -0.141. The summed E-state index contributed by atoms with van der Waals surface area (Å²) < 4.78 is 42.8. The molecule has 110 valence electrons. The molecule has 0 spiro atoms. The zero-order chi connectivity index (χ0) is 14.8. The second-order valence-electron chi connectivity index (χ2n) is 4.81. The van der Waals surface area contributed by atoms with Crippen molar-refractivity contribution in [1.29, 1.82) is 0 Å². The highest BCUT2D eigenvalue weighted by Gasteiger charge is 2.32. The summed E-state index contributed by atoms with van der Waals surface area (Å²) in [6.45, 7) is 2.07. The van der Waals surface area contributed by atoms with Crippen molar-refractivity contribution in [2.24, 2.45) is 5.92 Å². The van der Waals surface area contributed by atoms with Crippen LogP contribution in [0.15, 0.2) is 18.2 Å². The topological polar surface area (TPSA) is 51.2 Å². The van der Waals surface area contributed by atoms with Crippen molar-refractivity contribution >= 4 is 11.7 Å². The van der Waals surface area contributed by atoms with Gasteiger partial charge in [-0.1, -0.05) is 6.07 Å². The van der Waals surface area contributed by atoms with Crippen LogP contribution >= 0.6 is 0 Å². The third kappa shape index (κ3) is 4.19. The zero-order valence-electron chi connectivity index (χ0n) is 10.9. The maximum atomic E-state index is 12.5. The summed E-state index contributed by atoms with van der Waals surface area (Å²) in [4.78, 5) is 15.1. The maximum absolute atomic E-state index is 12.5. The predicted octanol–water partition coefficient (Wildman–Crippen LogP) is 2.85. The number of halogens is 3. The van der Waals surface area contributed by atoms with Crippen LogP contribution in [-0.2, 0) is 15.7 Å². The number of rotatable bonds is 5. The molecule has 1 atom stereocenters. The molecule has 1 saturated carbocycles. The number of hydrogen-bond acceptors (Lipinski definition) is 3. The van der Waals surface area contributed by atoms with Crippen LogP contribution in [0.25, 0.3) is 0 Å². The average molecular weight is 288 g/mol. The Morgan fingerprint density at radius 2 is 2.20 bits per heavy atom. The van der Waals surface area contributed by atoms with Gasteiger partial charge in [0.25, 0.3) is 5.91 Å². The Labute approximate surface area is 114 Å². The van der Waals surface area contributed by atoms with E-state index in [4.69, 9.17) is 4.74 Å². The molecule has 0 aromatic carbocycles. The Morgan fingerprint density at radius 3 is 2.80 bits per heavy atom. The lowest BCUT2D eigenvalue weighted by Crippen LogP contribution is -2.29. The third-order valence-electron chi connectivity index (χ3n) is 2.94. The van der Waals surface area contributed by atoms with Crippen LogP contribution < -0.4 is 5.32 Å². The van der Waals surface area contributed by atoms with Crippen LogP contribution in [0.5, 0.6) is 0 Å². The van der Waals surface area contributed by atoms with Crippen LogP contribution in [0.4, 0.5) is 19.0 Å². The molecule has 1 heterocycles. The number of ether oxygens (including phenoxy) is 1. The standard InChI is InChI=1S/C13H15F3N2O2/c1-8(20-7-9-5-6-9)12(19)18-11-4-2-3-10(17-11)13(14,15)16/h2-4,8-9H,5-7H2,1H3,(H,17,18,19)/t8-/m0/s1. The van der Waals surface area contributed by atoms with Crippen LogP contribution in [0.2, 0.25) is 0 Å². The van der Waals surface area contributed by atoms with Gasteiger partial charge in [0.2, 0.25) is 0 Å². The molecular formula is C13H15F3N2O2. The lowest BCUT2D eigenvalue weighted by Gasteiger charge is -2.13. The van der Waals surface area contributed by atoms with E-state index in [2.05, 4.69) is 10.3 Å². The van der Waals surface area contributed by atoms with Crippen molar-refractivity contribution in [1.82, 2.24) is 4.98 Å². The molecule has 1 aromatic heterocycles. The SMILES string of the molecule is C[C@H](OCC1CC1)C(=O)Nc1cccc(C(F)(F)F)n1. The predicted molar refractivity (Wildman–Crippen MR) is 66.0 cm³/mol. The number of alkyl halides is 3. The fourth-order valence-corrected chi connectivity index (χ4v) is 1.53. The van der Waals surface area contributed by atoms with E-state index < -0.39 is 23.9 Å². The van der Waals surface area contributed by atoms with Gasteiger partial charge in [-0.05, 0) is 37.8 Å². The van der Waals surface area contributed by atoms with Gasteiger partial charge in [0, 0.05) is 0 Å². The normalized spacial score (nSPS) is 16.8. The Kier molecular flexibility index (Phi) is 4.27. The number of nitrogens with one attached hydrogen (secondary N) is 1. The first kappa shape index (κ1) is 14.8. The number of carbonyl (C=O) groups excluding carboxylic acids is 1. The first-order valence-electron chi connectivity index (χ1n) is 6.33. The van der Waals surface area contributed by atoms with Crippen LogP contribution in [0, 0.1) is 5.92 Å². The average Bonchev–Trinajstić information content (AvgIpc) is 3.19. The van der Waals surface area contributed by atoms with Crippen molar-refractivity contribution in [2.45, 2.75) is 32.0 Å². The highest BCUT2D eigenvalue weighted by atomic mass is 19.4. The third-order valence-corrected chi connectivity index (χ3v) is 2.94. The molecule has 1 N–H and O–H groups in total. The van der Waals surface area contributed by atoms with Gasteiger partial charge in [0.15, 0.2) is 0 Å². The summed E-state index contributed by atoms with van der Waals surface area (Å²) in [6.07, 6.45) is -3.05. The van der Waals surface area contributed by atoms with E-state index in [-0.39, 0.29) is 5.82 Å². The first-order chi connectivity index (χ1) is 9.36. The Morgan fingerprint density at radius 1 is 1.50 bits per heavy atom. The van der Waals surface area contributed by atoms with Gasteiger partial charge in [-0.2, -0.15) is 13.2 Å². The van der Waals surface area contributed by atoms with E-state index in [9.17, 15) is 18.0 Å². The smallest absolute Gasteiger partial charge is 0.368 e. The number of carbonyl (C=O) groups is 1. The highest BCUT2D eigenvalue weighted by Crippen LogP contribution is 2.29. The molecule has 1 aliphatic rings.